The first-order valence-electron chi connectivity index (χ1n) is 12.9. The third kappa shape index (κ3) is 6.52. The maximum atomic E-state index is 13.3. The molecule has 2 aliphatic heterocycles. The highest BCUT2D eigenvalue weighted by Crippen LogP contribution is 2.37. The smallest absolute Gasteiger partial charge is 0.250 e. The Kier molecular flexibility index (Phi) is 9.06. The summed E-state index contributed by atoms with van der Waals surface area (Å²) in [5.41, 5.74) is 8.66. The van der Waals surface area contributed by atoms with E-state index in [0.717, 1.165) is 44.0 Å². The maximum Gasteiger partial charge on any atom is 0.250 e. The Morgan fingerprint density at radius 1 is 1.16 bits per heavy atom. The number of nitrogens with two attached hydrogens (primary N) is 1. The van der Waals surface area contributed by atoms with Gasteiger partial charge in [0.25, 0.3) is 0 Å². The zero-order valence-corrected chi connectivity index (χ0v) is 24.0. The maximum absolute atomic E-state index is 13.3. The normalized spacial score (nSPS) is 18.7. The summed E-state index contributed by atoms with van der Waals surface area (Å²) < 4.78 is 51.2. The Balaban J connectivity index is 1.54. The van der Waals surface area contributed by atoms with Crippen LogP contribution in [0.2, 0.25) is 0 Å². The van der Waals surface area contributed by atoms with Gasteiger partial charge in [0.2, 0.25) is 15.0 Å². The van der Waals surface area contributed by atoms with E-state index in [0.29, 0.717) is 42.8 Å². The summed E-state index contributed by atoms with van der Waals surface area (Å²) in [5, 5.41) is 0.260. The molecule has 2 aliphatic rings. The molecule has 1 unspecified atom stereocenters. The molecule has 0 bridgehead atoms. The third-order valence-electron chi connectivity index (χ3n) is 6.98. The van der Waals surface area contributed by atoms with E-state index < -0.39 is 21.2 Å². The van der Waals surface area contributed by atoms with Crippen LogP contribution < -0.4 is 10.6 Å². The van der Waals surface area contributed by atoms with Gasteiger partial charge in [0.05, 0.1) is 30.8 Å². The average molecular weight is 563 g/mol. The molecule has 2 fully saturated rings. The summed E-state index contributed by atoms with van der Waals surface area (Å²) in [5.74, 6) is 0.465. The van der Waals surface area contributed by atoms with Gasteiger partial charge in [-0.3, -0.25) is 0 Å². The number of aromatic nitrogens is 1. The number of hydrogen-bond acceptors (Lipinski definition) is 8. The summed E-state index contributed by atoms with van der Waals surface area (Å²) >= 11 is -1.63. The number of ether oxygens (including phenoxy) is 2. The van der Waals surface area contributed by atoms with Crippen LogP contribution in [-0.4, -0.2) is 68.3 Å². The number of morpholine rings is 1. The first kappa shape index (κ1) is 28.8. The molecule has 11 heteroatoms. The first-order valence-corrected chi connectivity index (χ1v) is 15.5. The van der Waals surface area contributed by atoms with Gasteiger partial charge in [-0.05, 0) is 37.0 Å². The molecular weight excluding hydrogens is 524 g/mol. The predicted octanol–water partition coefficient (Wildman–Crippen LogP) is 3.64. The lowest BCUT2D eigenvalue weighted by atomic mass is 9.90. The number of nitrogen functional groups attached to an aromatic ring is 1. The van der Waals surface area contributed by atoms with E-state index in [4.69, 9.17) is 15.2 Å². The van der Waals surface area contributed by atoms with Gasteiger partial charge >= 0.3 is 0 Å². The predicted molar refractivity (Wildman–Crippen MR) is 149 cm³/mol. The molecule has 2 aromatic rings. The molecule has 2 saturated heterocycles. The Hall–Kier alpha value is -2.15. The lowest BCUT2D eigenvalue weighted by molar-refractivity contribution is 0.0684. The summed E-state index contributed by atoms with van der Waals surface area (Å²) in [6, 6.07) is 8.32. The summed E-state index contributed by atoms with van der Waals surface area (Å²) in [4.78, 5) is 6.97. The van der Waals surface area contributed by atoms with Crippen LogP contribution in [0.5, 0.6) is 0 Å². The highest BCUT2D eigenvalue weighted by Gasteiger charge is 2.29. The van der Waals surface area contributed by atoms with Crippen molar-refractivity contribution in [3.05, 3.63) is 48.8 Å². The van der Waals surface area contributed by atoms with E-state index >= 15 is 0 Å². The second kappa shape index (κ2) is 11.9. The molecule has 3 heterocycles. The summed E-state index contributed by atoms with van der Waals surface area (Å²) in [7, 11) is -3.67. The quantitative estimate of drug-likeness (QED) is 0.382. The van der Waals surface area contributed by atoms with Gasteiger partial charge in [-0.25, -0.2) is 13.4 Å². The Bertz CT molecular complexity index is 1220. The second-order valence-corrected chi connectivity index (χ2v) is 14.1. The van der Waals surface area contributed by atoms with E-state index in [-0.39, 0.29) is 15.3 Å². The van der Waals surface area contributed by atoms with Crippen LogP contribution in [0, 0.1) is 11.3 Å². The van der Waals surface area contributed by atoms with Crippen molar-refractivity contribution in [3.63, 3.8) is 0 Å². The highest BCUT2D eigenvalue weighted by atomic mass is 32.2. The fourth-order valence-corrected chi connectivity index (χ4v) is 6.89. The number of allylic oxidation sites excluding steroid dienone is 1. The van der Waals surface area contributed by atoms with Gasteiger partial charge in [0, 0.05) is 67.3 Å². The second-order valence-electron chi connectivity index (χ2n) is 10.7. The molecule has 2 N–H and O–H groups in total. The van der Waals surface area contributed by atoms with Gasteiger partial charge in [-0.1, -0.05) is 27.4 Å². The van der Waals surface area contributed by atoms with Gasteiger partial charge in [-0.15, -0.1) is 0 Å². The van der Waals surface area contributed by atoms with E-state index in [2.05, 4.69) is 37.2 Å². The van der Waals surface area contributed by atoms with Crippen LogP contribution in [0.15, 0.2) is 63.6 Å². The highest BCUT2D eigenvalue weighted by molar-refractivity contribution is 7.91. The van der Waals surface area contributed by atoms with Gasteiger partial charge < -0.3 is 24.7 Å². The van der Waals surface area contributed by atoms with Crippen LogP contribution in [0.4, 0.5) is 11.4 Å². The standard InChI is InChI=1S/C27H38N4O5S2/c1-20(27(2,3)4)31(19-21-9-13-35-14-10-21)25-7-5-22(17-24(25)28)37(32)26-8-6-23(18-29-26)38(33,34)30-11-15-36-16-12-30/h5-8,17-18,21H,1,9-16,19,28H2,2-4H3. The number of pyridine rings is 1. The Morgan fingerprint density at radius 3 is 2.39 bits per heavy atom. The topological polar surface area (TPSA) is 121 Å². The van der Waals surface area contributed by atoms with Gasteiger partial charge in [0.1, 0.15) is 4.90 Å². The molecule has 0 radical (unpaired) electrons. The Labute approximate surface area is 229 Å². The SMILES string of the molecule is C=C(N(CC1CCOCC1)c1ccc([S+]([O-])c2ccc(S(=O)(=O)N3CCOCC3)cn2)cc1N)C(C)(C)C. The van der Waals surface area contributed by atoms with Crippen molar-refractivity contribution in [1.29, 1.82) is 0 Å². The van der Waals surface area contributed by atoms with Crippen molar-refractivity contribution < 1.29 is 22.4 Å². The van der Waals surface area contributed by atoms with Gasteiger partial charge in [0.15, 0.2) is 4.90 Å². The first-order chi connectivity index (χ1) is 18.0. The third-order valence-corrected chi connectivity index (χ3v) is 10.2. The molecule has 9 nitrogen and oxygen atoms in total. The van der Waals surface area contributed by atoms with Crippen molar-refractivity contribution in [2.24, 2.45) is 11.3 Å². The number of sulfonamides is 1. The molecule has 0 amide bonds. The number of hydrogen-bond donors (Lipinski definition) is 1. The van der Waals surface area contributed by atoms with Crippen LogP contribution in [0.25, 0.3) is 0 Å². The molecule has 4 rings (SSSR count). The zero-order chi connectivity index (χ0) is 27.5. The summed E-state index contributed by atoms with van der Waals surface area (Å²) in [6.45, 7) is 14.4. The fraction of sp³-hybridized carbons (Fsp3) is 0.519. The molecule has 0 aliphatic carbocycles. The number of rotatable bonds is 8. The lowest BCUT2D eigenvalue weighted by Crippen LogP contribution is -2.40. The zero-order valence-electron chi connectivity index (χ0n) is 22.4. The van der Waals surface area contributed by atoms with Crippen LogP contribution in [0.1, 0.15) is 33.6 Å². The van der Waals surface area contributed by atoms with Crippen LogP contribution >= 0.6 is 0 Å². The molecule has 208 valence electrons. The molecule has 0 saturated carbocycles. The van der Waals surface area contributed by atoms with Crippen molar-refractivity contribution in [2.45, 2.75) is 48.4 Å². The van der Waals surface area contributed by atoms with Crippen molar-refractivity contribution >= 4 is 32.6 Å². The average Bonchev–Trinajstić information content (AvgIpc) is 2.92. The van der Waals surface area contributed by atoms with E-state index in [1.165, 1.54) is 22.6 Å². The number of nitrogens with zero attached hydrogens (tertiary/aromatic N) is 3. The molecular formula is C27H38N4O5S2. The molecule has 1 aromatic carbocycles. The van der Waals surface area contributed by atoms with Crippen molar-refractivity contribution in [1.82, 2.24) is 9.29 Å². The largest absolute Gasteiger partial charge is 0.605 e. The van der Waals surface area contributed by atoms with Crippen molar-refractivity contribution in [2.75, 3.05) is 56.7 Å². The van der Waals surface area contributed by atoms with Gasteiger partial charge in [-0.2, -0.15) is 4.31 Å². The monoisotopic (exact) mass is 562 g/mol. The molecule has 0 spiro atoms. The Morgan fingerprint density at radius 2 is 1.82 bits per heavy atom. The number of benzene rings is 1. The summed E-state index contributed by atoms with van der Waals surface area (Å²) in [6.07, 6.45) is 3.23. The fourth-order valence-electron chi connectivity index (χ4n) is 4.53. The van der Waals surface area contributed by atoms with Crippen LogP contribution in [-0.2, 0) is 30.7 Å². The molecule has 1 atom stereocenters. The number of anilines is 2. The van der Waals surface area contributed by atoms with E-state index in [9.17, 15) is 13.0 Å². The molecule has 38 heavy (non-hydrogen) atoms. The minimum absolute atomic E-state index is 0.0689. The van der Waals surface area contributed by atoms with E-state index in [1.54, 1.807) is 12.1 Å². The van der Waals surface area contributed by atoms with Crippen molar-refractivity contribution in [3.8, 4) is 0 Å². The minimum atomic E-state index is -3.67. The molecule has 1 aromatic heterocycles. The lowest BCUT2D eigenvalue weighted by Gasteiger charge is -2.38. The minimum Gasteiger partial charge on any atom is -0.605 e. The van der Waals surface area contributed by atoms with E-state index in [1.807, 2.05) is 6.07 Å². The van der Waals surface area contributed by atoms with Crippen LogP contribution in [0.3, 0.4) is 0 Å².